The van der Waals surface area contributed by atoms with Gasteiger partial charge in [0.15, 0.2) is 5.13 Å². The van der Waals surface area contributed by atoms with Crippen LogP contribution in [0.3, 0.4) is 0 Å². The number of thiophene rings is 1. The topological polar surface area (TPSA) is 104 Å². The Balaban J connectivity index is 1.35. The number of nitrogens with one attached hydrogen (secondary N) is 3. The van der Waals surface area contributed by atoms with Crippen LogP contribution in [0.25, 0.3) is 10.9 Å². The smallest absolute Gasteiger partial charge is 0.273 e. The molecule has 0 aliphatic heterocycles. The highest BCUT2D eigenvalue weighted by Crippen LogP contribution is 2.23. The number of sulfonamides is 1. The van der Waals surface area contributed by atoms with Gasteiger partial charge in [-0.05, 0) is 29.5 Å². The van der Waals surface area contributed by atoms with Gasteiger partial charge in [0.25, 0.3) is 15.9 Å². The molecule has 0 saturated heterocycles. The monoisotopic (exact) mass is 432 g/mol. The minimum atomic E-state index is -3.67. The lowest BCUT2D eigenvalue weighted by atomic mass is 10.1. The summed E-state index contributed by atoms with van der Waals surface area (Å²) in [7, 11) is -3.67. The molecule has 144 valence electrons. The maximum atomic E-state index is 12.3. The molecule has 4 rings (SSSR count). The highest BCUT2D eigenvalue weighted by molar-refractivity contribution is 7.94. The van der Waals surface area contributed by atoms with Crippen molar-refractivity contribution in [3.05, 3.63) is 64.6 Å². The summed E-state index contributed by atoms with van der Waals surface area (Å²) in [6.45, 7) is 0.453. The molecule has 0 aliphatic carbocycles. The van der Waals surface area contributed by atoms with E-state index in [0.717, 1.165) is 39.1 Å². The summed E-state index contributed by atoms with van der Waals surface area (Å²) >= 11 is 2.19. The third kappa shape index (κ3) is 3.93. The highest BCUT2D eigenvalue weighted by Gasteiger charge is 2.18. The fourth-order valence-corrected chi connectivity index (χ4v) is 5.68. The number of carbonyl (C=O) groups is 1. The van der Waals surface area contributed by atoms with Gasteiger partial charge in [-0.1, -0.05) is 24.3 Å². The average molecular weight is 433 g/mol. The van der Waals surface area contributed by atoms with E-state index < -0.39 is 10.0 Å². The van der Waals surface area contributed by atoms with Gasteiger partial charge in [0, 0.05) is 29.0 Å². The van der Waals surface area contributed by atoms with E-state index in [2.05, 4.69) is 20.0 Å². The van der Waals surface area contributed by atoms with Crippen LogP contribution >= 0.6 is 22.7 Å². The number of fused-ring (bicyclic) bond motifs is 1. The second kappa shape index (κ2) is 7.74. The molecule has 0 bridgehead atoms. The largest absolute Gasteiger partial charge is 0.361 e. The van der Waals surface area contributed by atoms with E-state index in [0.29, 0.717) is 13.0 Å². The number of rotatable bonds is 7. The maximum absolute atomic E-state index is 12.3. The fraction of sp³-hybridized carbons (Fsp3) is 0.111. The van der Waals surface area contributed by atoms with E-state index in [1.165, 1.54) is 11.4 Å². The van der Waals surface area contributed by atoms with Crippen LogP contribution in [-0.2, 0) is 16.4 Å². The van der Waals surface area contributed by atoms with Crippen molar-refractivity contribution in [2.45, 2.75) is 10.6 Å². The molecule has 0 atom stereocenters. The standard InChI is InChI=1S/C18H16N4O3S3/c23-17(19-8-7-12-10-20-14-5-2-1-4-13(12)14)15-11-27-18(21-15)22-28(24,25)16-6-3-9-26-16/h1-6,9-11,20H,7-8H2,(H,19,23)(H,21,22). The molecule has 10 heteroatoms. The minimum Gasteiger partial charge on any atom is -0.361 e. The SMILES string of the molecule is O=C(NCCc1c[nH]c2ccccc12)c1csc(NS(=O)(=O)c2cccs2)n1. The van der Waals surface area contributed by atoms with Crippen molar-refractivity contribution in [3.8, 4) is 0 Å². The molecule has 28 heavy (non-hydrogen) atoms. The number of nitrogens with zero attached hydrogens (tertiary/aromatic N) is 1. The van der Waals surface area contributed by atoms with Crippen molar-refractivity contribution < 1.29 is 13.2 Å². The second-order valence-corrected chi connectivity index (χ2v) is 9.66. The van der Waals surface area contributed by atoms with Gasteiger partial charge < -0.3 is 10.3 Å². The van der Waals surface area contributed by atoms with Crippen molar-refractivity contribution in [1.82, 2.24) is 15.3 Å². The Labute approximate surface area is 169 Å². The summed E-state index contributed by atoms with van der Waals surface area (Å²) in [4.78, 5) is 19.6. The summed E-state index contributed by atoms with van der Waals surface area (Å²) in [6, 6.07) is 11.2. The van der Waals surface area contributed by atoms with E-state index in [1.54, 1.807) is 11.4 Å². The fourth-order valence-electron chi connectivity index (χ4n) is 2.75. The third-order valence-corrected chi connectivity index (χ3v) is 7.70. The number of carbonyl (C=O) groups excluding carboxylic acids is 1. The molecule has 0 unspecified atom stereocenters. The van der Waals surface area contributed by atoms with Crippen molar-refractivity contribution in [1.29, 1.82) is 0 Å². The molecule has 0 radical (unpaired) electrons. The second-order valence-electron chi connectivity index (χ2n) is 5.94. The molecule has 3 N–H and O–H groups in total. The van der Waals surface area contributed by atoms with Crippen LogP contribution in [0.2, 0.25) is 0 Å². The summed E-state index contributed by atoms with van der Waals surface area (Å²) in [5.41, 5.74) is 2.37. The lowest BCUT2D eigenvalue weighted by Crippen LogP contribution is -2.26. The Morgan fingerprint density at radius 2 is 2.00 bits per heavy atom. The first-order valence-corrected chi connectivity index (χ1v) is 11.6. The zero-order valence-corrected chi connectivity index (χ0v) is 17.0. The lowest BCUT2D eigenvalue weighted by molar-refractivity contribution is 0.0950. The molecule has 3 aromatic heterocycles. The third-order valence-electron chi connectivity index (χ3n) is 4.07. The zero-order chi connectivity index (χ0) is 19.6. The van der Waals surface area contributed by atoms with E-state index >= 15 is 0 Å². The summed E-state index contributed by atoms with van der Waals surface area (Å²) < 4.78 is 27.0. The van der Waals surface area contributed by atoms with Gasteiger partial charge in [-0.3, -0.25) is 9.52 Å². The van der Waals surface area contributed by atoms with Crippen molar-refractivity contribution in [2.24, 2.45) is 0 Å². The number of anilines is 1. The van der Waals surface area contributed by atoms with Crippen molar-refractivity contribution in [3.63, 3.8) is 0 Å². The predicted molar refractivity (Wildman–Crippen MR) is 112 cm³/mol. The molecule has 0 fully saturated rings. The van der Waals surface area contributed by atoms with Gasteiger partial charge in [0.1, 0.15) is 9.90 Å². The van der Waals surface area contributed by atoms with Gasteiger partial charge in [0.2, 0.25) is 0 Å². The Bertz CT molecular complexity index is 1210. The Hall–Kier alpha value is -2.69. The van der Waals surface area contributed by atoms with Crippen LogP contribution in [0, 0.1) is 0 Å². The normalized spacial score (nSPS) is 11.6. The molecule has 0 saturated carbocycles. The van der Waals surface area contributed by atoms with Crippen LogP contribution in [0.1, 0.15) is 16.1 Å². The van der Waals surface area contributed by atoms with Gasteiger partial charge in [0.05, 0.1) is 0 Å². The highest BCUT2D eigenvalue weighted by atomic mass is 32.2. The molecule has 4 aromatic rings. The van der Waals surface area contributed by atoms with Crippen LogP contribution in [0.4, 0.5) is 5.13 Å². The first-order valence-electron chi connectivity index (χ1n) is 8.38. The summed E-state index contributed by atoms with van der Waals surface area (Å²) in [5, 5.41) is 7.34. The van der Waals surface area contributed by atoms with E-state index in [-0.39, 0.29) is 20.9 Å². The summed E-state index contributed by atoms with van der Waals surface area (Å²) in [6.07, 6.45) is 2.62. The molecule has 3 heterocycles. The molecule has 0 spiro atoms. The van der Waals surface area contributed by atoms with Gasteiger partial charge >= 0.3 is 0 Å². The molecule has 1 amide bonds. The number of aromatic amines is 1. The number of H-pyrrole nitrogens is 1. The Morgan fingerprint density at radius 3 is 2.82 bits per heavy atom. The molecule has 1 aromatic carbocycles. The average Bonchev–Trinajstić information content (AvgIpc) is 3.42. The maximum Gasteiger partial charge on any atom is 0.273 e. The molecule has 0 aliphatic rings. The van der Waals surface area contributed by atoms with Crippen LogP contribution in [0.15, 0.2) is 57.6 Å². The van der Waals surface area contributed by atoms with E-state index in [9.17, 15) is 13.2 Å². The molecular weight excluding hydrogens is 416 g/mol. The quantitative estimate of drug-likeness (QED) is 0.416. The van der Waals surface area contributed by atoms with Crippen molar-refractivity contribution >= 4 is 54.6 Å². The number of hydrogen-bond acceptors (Lipinski definition) is 6. The van der Waals surface area contributed by atoms with E-state index in [4.69, 9.17) is 0 Å². The zero-order valence-electron chi connectivity index (χ0n) is 14.5. The first-order chi connectivity index (χ1) is 13.5. The number of thiazole rings is 1. The van der Waals surface area contributed by atoms with Crippen molar-refractivity contribution in [2.75, 3.05) is 11.3 Å². The number of amides is 1. The van der Waals surface area contributed by atoms with Crippen LogP contribution in [-0.4, -0.2) is 30.8 Å². The number of aromatic nitrogens is 2. The Morgan fingerprint density at radius 1 is 1.14 bits per heavy atom. The first kappa shape index (κ1) is 18.7. The number of para-hydroxylation sites is 1. The predicted octanol–water partition coefficient (Wildman–Crippen LogP) is 3.46. The van der Waals surface area contributed by atoms with Crippen LogP contribution in [0.5, 0.6) is 0 Å². The minimum absolute atomic E-state index is 0.162. The lowest BCUT2D eigenvalue weighted by Gasteiger charge is -2.03. The molecular formula is C18H16N4O3S3. The van der Waals surface area contributed by atoms with E-state index in [1.807, 2.05) is 30.5 Å². The van der Waals surface area contributed by atoms with Gasteiger partial charge in [-0.2, -0.15) is 0 Å². The molecule has 7 nitrogen and oxygen atoms in total. The number of benzene rings is 1. The summed E-state index contributed by atoms with van der Waals surface area (Å²) in [5.74, 6) is -0.335. The number of hydrogen-bond donors (Lipinski definition) is 3. The van der Waals surface area contributed by atoms with Gasteiger partial charge in [-0.25, -0.2) is 13.4 Å². The van der Waals surface area contributed by atoms with Gasteiger partial charge in [-0.15, -0.1) is 22.7 Å². The Kier molecular flexibility index (Phi) is 5.16. The van der Waals surface area contributed by atoms with Crippen LogP contribution < -0.4 is 10.0 Å².